The number of carbonyl (C=O) groups is 4. The van der Waals surface area contributed by atoms with E-state index in [1.807, 2.05) is 0 Å². The van der Waals surface area contributed by atoms with Crippen molar-refractivity contribution < 1.29 is 24.3 Å². The molecule has 0 bridgehead atoms. The number of carbonyl (C=O) groups excluding carboxylic acids is 3. The summed E-state index contributed by atoms with van der Waals surface area (Å²) in [6.07, 6.45) is 4.26. The van der Waals surface area contributed by atoms with Gasteiger partial charge < -0.3 is 31.4 Å². The second-order valence-electron chi connectivity index (χ2n) is 6.89. The molecule has 29 heavy (non-hydrogen) atoms. The first kappa shape index (κ1) is 22.7. The predicted molar refractivity (Wildman–Crippen MR) is 106 cm³/mol. The quantitative estimate of drug-likeness (QED) is 0.255. The smallest absolute Gasteiger partial charge is 0.325 e. The summed E-state index contributed by atoms with van der Waals surface area (Å²) in [6.45, 7) is 1.68. The lowest BCUT2D eigenvalue weighted by Crippen LogP contribution is -2.57. The highest BCUT2D eigenvalue weighted by Crippen LogP contribution is 2.19. The molecule has 0 saturated carbocycles. The fourth-order valence-electron chi connectivity index (χ4n) is 3.06. The van der Waals surface area contributed by atoms with Gasteiger partial charge in [0, 0.05) is 30.6 Å². The van der Waals surface area contributed by atoms with Crippen LogP contribution in [0.1, 0.15) is 25.5 Å². The Labute approximate surface area is 173 Å². The molecule has 0 radical (unpaired) electrons. The maximum absolute atomic E-state index is 12.9. The van der Waals surface area contributed by atoms with Crippen LogP contribution in [-0.2, 0) is 25.6 Å². The Kier molecular flexibility index (Phi) is 8.02. The molecule has 11 nitrogen and oxygen atoms in total. The van der Waals surface area contributed by atoms with E-state index < -0.39 is 47.9 Å². The van der Waals surface area contributed by atoms with Gasteiger partial charge in [0.2, 0.25) is 17.7 Å². The third-order valence-electron chi connectivity index (χ3n) is 4.70. The zero-order chi connectivity index (χ0) is 21.6. The van der Waals surface area contributed by atoms with Gasteiger partial charge in [-0.05, 0) is 19.8 Å². The van der Waals surface area contributed by atoms with E-state index in [0.29, 0.717) is 25.1 Å². The number of aromatic nitrogens is 2. The Morgan fingerprint density at radius 3 is 2.72 bits per heavy atom. The van der Waals surface area contributed by atoms with E-state index in [4.69, 9.17) is 10.8 Å². The van der Waals surface area contributed by atoms with Crippen molar-refractivity contribution in [2.75, 3.05) is 12.3 Å². The number of nitrogens with two attached hydrogens (primary N) is 1. The molecule has 1 aliphatic heterocycles. The molecule has 1 aromatic heterocycles. The Morgan fingerprint density at radius 1 is 1.41 bits per heavy atom. The number of H-pyrrole nitrogens is 1. The maximum Gasteiger partial charge on any atom is 0.325 e. The third kappa shape index (κ3) is 5.94. The summed E-state index contributed by atoms with van der Waals surface area (Å²) >= 11 is 4.15. The summed E-state index contributed by atoms with van der Waals surface area (Å²) in [6, 6.07) is -3.70. The number of hydrogen-bond donors (Lipinski definition) is 6. The second kappa shape index (κ2) is 10.3. The Hall–Kier alpha value is -2.60. The van der Waals surface area contributed by atoms with Crippen molar-refractivity contribution >= 4 is 36.3 Å². The molecule has 1 aliphatic rings. The number of aromatic amines is 1. The van der Waals surface area contributed by atoms with Gasteiger partial charge in [0.05, 0.1) is 12.4 Å². The summed E-state index contributed by atoms with van der Waals surface area (Å²) in [4.78, 5) is 56.7. The highest BCUT2D eigenvalue weighted by molar-refractivity contribution is 7.80. The molecular weight excluding hydrogens is 400 g/mol. The van der Waals surface area contributed by atoms with E-state index in [9.17, 15) is 19.2 Å². The zero-order valence-corrected chi connectivity index (χ0v) is 16.9. The van der Waals surface area contributed by atoms with Crippen LogP contribution in [0.15, 0.2) is 12.5 Å². The molecule has 2 heterocycles. The van der Waals surface area contributed by atoms with E-state index in [-0.39, 0.29) is 12.2 Å². The zero-order valence-electron chi connectivity index (χ0n) is 16.0. The molecule has 6 N–H and O–H groups in total. The van der Waals surface area contributed by atoms with Crippen molar-refractivity contribution in [1.82, 2.24) is 25.5 Å². The van der Waals surface area contributed by atoms with Gasteiger partial charge in [-0.25, -0.2) is 4.98 Å². The fourth-order valence-corrected chi connectivity index (χ4v) is 3.31. The average molecular weight is 426 g/mol. The largest absolute Gasteiger partial charge is 0.480 e. The van der Waals surface area contributed by atoms with Crippen molar-refractivity contribution in [3.8, 4) is 0 Å². The normalized spacial score (nSPS) is 19.3. The molecular formula is C17H26N6O5S. The highest BCUT2D eigenvalue weighted by Gasteiger charge is 2.38. The number of likely N-dealkylation sites (tertiary alicyclic amines) is 1. The van der Waals surface area contributed by atoms with Gasteiger partial charge in [-0.15, -0.1) is 0 Å². The highest BCUT2D eigenvalue weighted by atomic mass is 32.1. The molecule has 1 aromatic rings. The minimum absolute atomic E-state index is 0.0255. The molecule has 0 aliphatic carbocycles. The number of hydrogen-bond acceptors (Lipinski definition) is 7. The van der Waals surface area contributed by atoms with Crippen LogP contribution in [-0.4, -0.2) is 80.1 Å². The van der Waals surface area contributed by atoms with E-state index in [1.54, 1.807) is 6.20 Å². The van der Waals surface area contributed by atoms with Gasteiger partial charge in [-0.3, -0.25) is 19.2 Å². The van der Waals surface area contributed by atoms with Crippen molar-refractivity contribution in [2.24, 2.45) is 5.73 Å². The predicted octanol–water partition coefficient (Wildman–Crippen LogP) is -1.73. The number of thiol groups is 1. The van der Waals surface area contributed by atoms with Crippen molar-refractivity contribution in [3.63, 3.8) is 0 Å². The number of imidazole rings is 1. The van der Waals surface area contributed by atoms with Gasteiger partial charge in [0.15, 0.2) is 0 Å². The summed E-state index contributed by atoms with van der Waals surface area (Å²) in [7, 11) is 0. The van der Waals surface area contributed by atoms with Crippen LogP contribution in [0.3, 0.4) is 0 Å². The molecule has 1 fully saturated rings. The monoisotopic (exact) mass is 426 g/mol. The molecule has 3 amide bonds. The maximum atomic E-state index is 12.9. The summed E-state index contributed by atoms with van der Waals surface area (Å²) in [5.41, 5.74) is 6.58. The third-order valence-corrected chi connectivity index (χ3v) is 5.06. The lowest BCUT2D eigenvalue weighted by atomic mass is 10.1. The molecule has 4 unspecified atom stereocenters. The molecule has 160 valence electrons. The van der Waals surface area contributed by atoms with Crippen LogP contribution in [0.5, 0.6) is 0 Å². The van der Waals surface area contributed by atoms with Gasteiger partial charge in [-0.2, -0.15) is 12.6 Å². The molecule has 0 aromatic carbocycles. The minimum atomic E-state index is -1.17. The van der Waals surface area contributed by atoms with Crippen LogP contribution in [0, 0.1) is 0 Å². The van der Waals surface area contributed by atoms with Gasteiger partial charge >= 0.3 is 5.97 Å². The van der Waals surface area contributed by atoms with E-state index in [0.717, 1.165) is 0 Å². The van der Waals surface area contributed by atoms with Crippen LogP contribution in [0.4, 0.5) is 0 Å². The summed E-state index contributed by atoms with van der Waals surface area (Å²) < 4.78 is 0. The Balaban J connectivity index is 1.98. The van der Waals surface area contributed by atoms with Crippen LogP contribution in [0.25, 0.3) is 0 Å². The van der Waals surface area contributed by atoms with Crippen LogP contribution < -0.4 is 16.4 Å². The first-order valence-corrected chi connectivity index (χ1v) is 9.85. The first-order valence-electron chi connectivity index (χ1n) is 9.22. The standard InChI is InChI=1S/C17H26N6O5S/c1-9(17(27)28)21-15(25)13-3-2-4-23(13)16(26)12(7-29)22-14(24)11(18)5-10-6-19-8-20-10/h6,8-9,11-13,29H,2-5,7,18H2,1H3,(H,19,20)(H,21,25)(H,22,24)(H,27,28). The number of aliphatic carboxylic acids is 1. The molecule has 1 saturated heterocycles. The number of rotatable bonds is 9. The number of amides is 3. The Bertz CT molecular complexity index is 743. The van der Waals surface area contributed by atoms with Gasteiger partial charge in [-0.1, -0.05) is 0 Å². The van der Waals surface area contributed by atoms with Gasteiger partial charge in [0.25, 0.3) is 0 Å². The second-order valence-corrected chi connectivity index (χ2v) is 7.25. The van der Waals surface area contributed by atoms with Crippen molar-refractivity contribution in [3.05, 3.63) is 18.2 Å². The average Bonchev–Trinajstić information content (AvgIpc) is 3.36. The molecule has 0 spiro atoms. The number of carboxylic acid groups (broad SMARTS) is 1. The topological polar surface area (TPSA) is 171 Å². The first-order chi connectivity index (χ1) is 13.7. The number of nitrogens with zero attached hydrogens (tertiary/aromatic N) is 2. The van der Waals surface area contributed by atoms with Crippen LogP contribution in [0.2, 0.25) is 0 Å². The van der Waals surface area contributed by atoms with E-state index in [1.165, 1.54) is 18.2 Å². The molecule has 4 atom stereocenters. The van der Waals surface area contributed by atoms with E-state index in [2.05, 4.69) is 33.2 Å². The van der Waals surface area contributed by atoms with Crippen molar-refractivity contribution in [1.29, 1.82) is 0 Å². The molecule has 12 heteroatoms. The lowest BCUT2D eigenvalue weighted by Gasteiger charge is -2.29. The molecule has 2 rings (SSSR count). The van der Waals surface area contributed by atoms with Crippen molar-refractivity contribution in [2.45, 2.75) is 50.4 Å². The van der Waals surface area contributed by atoms with E-state index >= 15 is 0 Å². The minimum Gasteiger partial charge on any atom is -0.480 e. The summed E-state index contributed by atoms with van der Waals surface area (Å²) in [5, 5.41) is 13.9. The lowest BCUT2D eigenvalue weighted by molar-refractivity contribution is -0.144. The van der Waals surface area contributed by atoms with Gasteiger partial charge in [0.1, 0.15) is 18.1 Å². The van der Waals surface area contributed by atoms with Crippen LogP contribution >= 0.6 is 12.6 Å². The number of carboxylic acids is 1. The fraction of sp³-hybridized carbons (Fsp3) is 0.588. The summed E-state index contributed by atoms with van der Waals surface area (Å²) in [5.74, 6) is -2.65. The number of nitrogens with one attached hydrogen (secondary N) is 3. The Morgan fingerprint density at radius 2 is 2.14 bits per heavy atom. The SMILES string of the molecule is CC(NC(=O)C1CCCN1C(=O)C(CS)NC(=O)C(N)Cc1cnc[nH]1)C(=O)O.